The van der Waals surface area contributed by atoms with Gasteiger partial charge in [-0.2, -0.15) is 123 Å². The lowest BCUT2D eigenvalue weighted by Crippen LogP contribution is -2.62. The summed E-state index contributed by atoms with van der Waals surface area (Å²) in [4.78, 5) is 0. The van der Waals surface area contributed by atoms with Gasteiger partial charge in [-0.05, 0) is 0 Å². The molecule has 1 saturated heterocycles. The van der Waals surface area contributed by atoms with E-state index in [1.54, 1.807) is 0 Å². The number of alkyl halides is 28. The number of ether oxygens (including phenoxy) is 7. The Hall–Kier alpha value is -2.24. The molecule has 1 heterocycles. The molecule has 1 aliphatic heterocycles. The lowest BCUT2D eigenvalue weighted by atomic mass is 10.4. The summed E-state index contributed by atoms with van der Waals surface area (Å²) in [6.07, 6.45) is -116. The monoisotopic (exact) mass is 812 g/mol. The van der Waals surface area contributed by atoms with E-state index in [0.29, 0.717) is 0 Å². The number of hydrogen-bond donors (Lipinski definition) is 0. The highest BCUT2D eigenvalue weighted by molar-refractivity contribution is 4.84. The molecule has 35 heteroatoms. The molecule has 0 bridgehead atoms. The van der Waals surface area contributed by atoms with Crippen LogP contribution < -0.4 is 0 Å². The van der Waals surface area contributed by atoms with Crippen LogP contribution in [0.2, 0.25) is 0 Å². The molecule has 7 nitrogen and oxygen atoms in total. The van der Waals surface area contributed by atoms with Crippen molar-refractivity contribution in [2.45, 2.75) is 85.5 Å². The van der Waals surface area contributed by atoms with Gasteiger partial charge in [0.1, 0.15) is 0 Å². The van der Waals surface area contributed by atoms with Crippen molar-refractivity contribution in [3.05, 3.63) is 0 Å². The third-order valence-electron chi connectivity index (χ3n) is 4.17. The van der Waals surface area contributed by atoms with Crippen LogP contribution in [0.15, 0.2) is 0 Å². The van der Waals surface area contributed by atoms with Gasteiger partial charge in [-0.3, -0.25) is 0 Å². The minimum atomic E-state index is -8.29. The maximum Gasteiger partial charge on any atom is 0.453 e. The van der Waals surface area contributed by atoms with E-state index in [1.165, 1.54) is 0 Å². The lowest BCUT2D eigenvalue weighted by Gasteiger charge is -2.36. The van der Waals surface area contributed by atoms with Crippen molar-refractivity contribution in [1.82, 2.24) is 0 Å². The molecule has 1 fully saturated rings. The molecule has 0 aromatic heterocycles. The molecule has 0 spiro atoms. The van der Waals surface area contributed by atoms with Crippen LogP contribution in [0.3, 0.4) is 0 Å². The minimum absolute atomic E-state index is 1.07. The van der Waals surface area contributed by atoms with Crippen LogP contribution in [0.5, 0.6) is 0 Å². The highest BCUT2D eigenvalue weighted by atomic mass is 19.4. The van der Waals surface area contributed by atoms with Crippen molar-refractivity contribution in [2.24, 2.45) is 0 Å². The van der Waals surface area contributed by atoms with Crippen molar-refractivity contribution in [3.63, 3.8) is 0 Å². The Kier molecular flexibility index (Phi) is 10.6. The topological polar surface area (TPSA) is 64.6 Å². The van der Waals surface area contributed by atoms with Gasteiger partial charge in [-0.1, -0.05) is 0 Å². The quantitative estimate of drug-likeness (QED) is 0.228. The van der Waals surface area contributed by atoms with Gasteiger partial charge in [-0.25, -0.2) is 33.2 Å². The summed E-state index contributed by atoms with van der Waals surface area (Å²) < 4.78 is 382. The minimum Gasteiger partial charge on any atom is -0.241 e. The molecular formula is C14F28O7. The Bertz CT molecular complexity index is 857. The van der Waals surface area contributed by atoms with E-state index in [0.717, 1.165) is 33.2 Å². The molecule has 0 N–H and O–H groups in total. The van der Waals surface area contributed by atoms with E-state index in [1.807, 2.05) is 0 Å². The molecule has 0 atom stereocenters. The fourth-order valence-electron chi connectivity index (χ4n) is 1.96. The van der Waals surface area contributed by atoms with Gasteiger partial charge in [0.2, 0.25) is 0 Å². The number of halogens is 28. The highest BCUT2D eigenvalue weighted by Gasteiger charge is 2.83. The fourth-order valence-corrected chi connectivity index (χ4v) is 1.96. The fraction of sp³-hybridized carbons (Fsp3) is 1.00. The zero-order valence-corrected chi connectivity index (χ0v) is 20.4. The molecule has 49 heavy (non-hydrogen) atoms. The Morgan fingerprint density at radius 2 is 0.163 bits per heavy atom. The first-order valence-corrected chi connectivity index (χ1v) is 9.90. The van der Waals surface area contributed by atoms with Crippen molar-refractivity contribution < 1.29 is 156 Å². The number of rotatable bonds is 0. The smallest absolute Gasteiger partial charge is 0.241 e. The highest BCUT2D eigenvalue weighted by Crippen LogP contribution is 2.56. The average Bonchev–Trinajstić information content (AvgIpc) is 2.72. The third kappa shape index (κ3) is 8.30. The summed E-state index contributed by atoms with van der Waals surface area (Å²) in [6.45, 7) is 0. The van der Waals surface area contributed by atoms with Gasteiger partial charge in [0.05, 0.1) is 0 Å². The second-order valence-electron chi connectivity index (χ2n) is 7.95. The van der Waals surface area contributed by atoms with E-state index in [-0.39, 0.29) is 0 Å². The van der Waals surface area contributed by atoms with Crippen LogP contribution in [0.4, 0.5) is 123 Å². The molecule has 1 aliphatic rings. The van der Waals surface area contributed by atoms with Crippen LogP contribution in [0.1, 0.15) is 0 Å². The molecule has 1 rings (SSSR count). The van der Waals surface area contributed by atoms with E-state index < -0.39 is 85.5 Å². The summed E-state index contributed by atoms with van der Waals surface area (Å²) >= 11 is 0. The molecule has 0 aromatic carbocycles. The third-order valence-corrected chi connectivity index (χ3v) is 4.17. The van der Waals surface area contributed by atoms with Gasteiger partial charge in [0.15, 0.2) is 0 Å². The predicted octanol–water partition coefficient (Wildman–Crippen LogP) is 8.42. The van der Waals surface area contributed by atoms with Crippen molar-refractivity contribution >= 4 is 0 Å². The molecule has 0 amide bonds. The largest absolute Gasteiger partial charge is 0.453 e. The summed E-state index contributed by atoms with van der Waals surface area (Å²) in [7, 11) is 0. The van der Waals surface area contributed by atoms with Gasteiger partial charge >= 0.3 is 85.5 Å². The van der Waals surface area contributed by atoms with E-state index in [9.17, 15) is 123 Å². The zero-order valence-electron chi connectivity index (χ0n) is 20.4. The summed E-state index contributed by atoms with van der Waals surface area (Å²) in [5.74, 6) is 0. The van der Waals surface area contributed by atoms with Crippen LogP contribution in [-0.2, 0) is 33.2 Å². The summed E-state index contributed by atoms with van der Waals surface area (Å²) in [5, 5.41) is 0. The van der Waals surface area contributed by atoms with Crippen LogP contribution in [0, 0.1) is 0 Å². The van der Waals surface area contributed by atoms with Gasteiger partial charge in [0.25, 0.3) is 0 Å². The average molecular weight is 812 g/mol. The van der Waals surface area contributed by atoms with Crippen LogP contribution in [-0.4, -0.2) is 85.5 Å². The summed E-state index contributed by atoms with van der Waals surface area (Å²) in [6, 6.07) is 0. The van der Waals surface area contributed by atoms with Crippen molar-refractivity contribution in [1.29, 1.82) is 0 Å². The molecule has 0 saturated carbocycles. The predicted molar refractivity (Wildman–Crippen MR) is 76.9 cm³/mol. The van der Waals surface area contributed by atoms with E-state index in [4.69, 9.17) is 0 Å². The first-order chi connectivity index (χ1) is 20.7. The van der Waals surface area contributed by atoms with E-state index >= 15 is 0 Å². The SMILES string of the molecule is FC1(F)OC(F)(F)C(F)(F)OC(F)(F)C(F)(F)OC(F)(F)C(F)(F)OC(F)(F)C(F)(F)OC(F)(F)C(F)(F)OC(F)(F)C(F)(F)OC1(F)F. The Balaban J connectivity index is 4.04. The maximum absolute atomic E-state index is 13.4. The Morgan fingerprint density at radius 1 is 0.122 bits per heavy atom. The van der Waals surface area contributed by atoms with Gasteiger partial charge in [0, 0.05) is 0 Å². The van der Waals surface area contributed by atoms with Gasteiger partial charge < -0.3 is 0 Å². The standard InChI is InChI=1S/C14F28O7/c15-1(16)2(17,18)44-5(23,24)6(25,26)46-9(31,32)10(33,34)48-13(39,40)14(41,42)49-12(37,38)11(35,36)47-8(29,30)7(27,28)45-4(21,22)3(19,20)43-1. The molecule has 0 aromatic rings. The Morgan fingerprint density at radius 3 is 0.204 bits per heavy atom. The Labute approximate surface area is 243 Å². The number of hydrogen-bond acceptors (Lipinski definition) is 7. The first kappa shape index (κ1) is 44.8. The van der Waals surface area contributed by atoms with Crippen LogP contribution >= 0.6 is 0 Å². The molecule has 0 aliphatic carbocycles. The second kappa shape index (κ2) is 11.6. The summed E-state index contributed by atoms with van der Waals surface area (Å²) in [5.41, 5.74) is 0. The van der Waals surface area contributed by atoms with Gasteiger partial charge in [-0.15, -0.1) is 0 Å². The zero-order chi connectivity index (χ0) is 39.9. The first-order valence-electron chi connectivity index (χ1n) is 9.90. The van der Waals surface area contributed by atoms with E-state index in [2.05, 4.69) is 0 Å². The van der Waals surface area contributed by atoms with Crippen molar-refractivity contribution in [3.8, 4) is 0 Å². The second-order valence-corrected chi connectivity index (χ2v) is 7.95. The molecular weight excluding hydrogens is 812 g/mol. The lowest BCUT2D eigenvalue weighted by molar-refractivity contribution is -0.594. The maximum atomic E-state index is 13.4. The van der Waals surface area contributed by atoms with Crippen LogP contribution in [0.25, 0.3) is 0 Å². The van der Waals surface area contributed by atoms with Crippen molar-refractivity contribution in [2.75, 3.05) is 0 Å². The molecule has 0 radical (unpaired) electrons. The molecule has 0 unspecified atom stereocenters. The normalized spacial score (nSPS) is 32.6. The molecule has 294 valence electrons.